The summed E-state index contributed by atoms with van der Waals surface area (Å²) in [5.41, 5.74) is 0.706. The molecule has 1 unspecified atom stereocenters. The molecule has 20 heavy (non-hydrogen) atoms. The van der Waals surface area contributed by atoms with Gasteiger partial charge in [0, 0.05) is 10.8 Å². The van der Waals surface area contributed by atoms with E-state index in [0.29, 0.717) is 11.7 Å². The van der Waals surface area contributed by atoms with E-state index >= 15 is 0 Å². The van der Waals surface area contributed by atoms with Crippen LogP contribution >= 0.6 is 23.4 Å². The molecule has 1 aliphatic rings. The predicted octanol–water partition coefficient (Wildman–Crippen LogP) is 2.85. The molecule has 1 saturated carbocycles. The van der Waals surface area contributed by atoms with Gasteiger partial charge in [0.15, 0.2) is 0 Å². The van der Waals surface area contributed by atoms with E-state index in [4.69, 9.17) is 11.6 Å². The van der Waals surface area contributed by atoms with Crippen LogP contribution in [0.4, 0.5) is 0 Å². The zero-order chi connectivity index (χ0) is 14.6. The summed E-state index contributed by atoms with van der Waals surface area (Å²) in [7, 11) is 0. The Kier molecular flexibility index (Phi) is 5.35. The van der Waals surface area contributed by atoms with Crippen LogP contribution < -0.4 is 5.32 Å². The molecular formula is C15H20ClNO2S. The van der Waals surface area contributed by atoms with Crippen molar-refractivity contribution < 1.29 is 9.90 Å². The molecule has 0 aromatic heterocycles. The summed E-state index contributed by atoms with van der Waals surface area (Å²) in [4.78, 5) is 11.9. The molecule has 2 rings (SSSR count). The Labute approximate surface area is 129 Å². The lowest BCUT2D eigenvalue weighted by Gasteiger charge is -2.28. The highest BCUT2D eigenvalue weighted by atomic mass is 35.5. The number of carbonyl (C=O) groups excluding carboxylic acids is 1. The van der Waals surface area contributed by atoms with Gasteiger partial charge in [-0.15, -0.1) is 11.8 Å². The summed E-state index contributed by atoms with van der Waals surface area (Å²) in [5, 5.41) is 13.1. The van der Waals surface area contributed by atoms with Crippen molar-refractivity contribution in [3.8, 4) is 0 Å². The van der Waals surface area contributed by atoms with Gasteiger partial charge in [0.25, 0.3) is 0 Å². The molecule has 0 radical (unpaired) electrons. The molecule has 5 heteroatoms. The number of hydrogen-bond acceptors (Lipinski definition) is 3. The minimum atomic E-state index is -0.447. The number of rotatable bonds is 7. The van der Waals surface area contributed by atoms with Gasteiger partial charge in [0.05, 0.1) is 17.9 Å². The van der Waals surface area contributed by atoms with Gasteiger partial charge >= 0.3 is 0 Å². The molecule has 1 amide bonds. The van der Waals surface area contributed by atoms with Gasteiger partial charge in [-0.3, -0.25) is 4.79 Å². The van der Waals surface area contributed by atoms with Gasteiger partial charge in [0.1, 0.15) is 0 Å². The maximum atomic E-state index is 11.9. The van der Waals surface area contributed by atoms with Crippen molar-refractivity contribution in [2.75, 3.05) is 12.4 Å². The molecule has 0 heterocycles. The van der Waals surface area contributed by atoms with E-state index in [1.807, 2.05) is 31.2 Å². The van der Waals surface area contributed by atoms with Crippen molar-refractivity contribution in [2.24, 2.45) is 5.92 Å². The third-order valence-electron chi connectivity index (χ3n) is 3.65. The first-order chi connectivity index (χ1) is 9.53. The van der Waals surface area contributed by atoms with Crippen LogP contribution in [0.5, 0.6) is 0 Å². The van der Waals surface area contributed by atoms with Crippen molar-refractivity contribution in [3.63, 3.8) is 0 Å². The van der Waals surface area contributed by atoms with Crippen LogP contribution in [0.3, 0.4) is 0 Å². The SMILES string of the molecule is CC(CO)(NC(=O)CSCc1ccc(Cl)cc1)C1CC1. The Morgan fingerprint density at radius 1 is 1.45 bits per heavy atom. The average molecular weight is 314 g/mol. The van der Waals surface area contributed by atoms with Crippen molar-refractivity contribution in [2.45, 2.75) is 31.1 Å². The summed E-state index contributed by atoms with van der Waals surface area (Å²) in [6.07, 6.45) is 2.19. The molecular weight excluding hydrogens is 294 g/mol. The highest BCUT2D eigenvalue weighted by Crippen LogP contribution is 2.39. The molecule has 0 spiro atoms. The summed E-state index contributed by atoms with van der Waals surface area (Å²) in [5.74, 6) is 1.61. The van der Waals surface area contributed by atoms with E-state index < -0.39 is 5.54 Å². The Balaban J connectivity index is 1.73. The lowest BCUT2D eigenvalue weighted by atomic mass is 9.97. The van der Waals surface area contributed by atoms with Gasteiger partial charge in [-0.2, -0.15) is 0 Å². The normalized spacial score (nSPS) is 17.6. The quantitative estimate of drug-likeness (QED) is 0.814. The first-order valence-electron chi connectivity index (χ1n) is 6.77. The van der Waals surface area contributed by atoms with Crippen LogP contribution in [-0.4, -0.2) is 28.9 Å². The molecule has 1 aromatic carbocycles. The van der Waals surface area contributed by atoms with Crippen LogP contribution in [0.2, 0.25) is 5.02 Å². The van der Waals surface area contributed by atoms with E-state index in [0.717, 1.165) is 29.2 Å². The van der Waals surface area contributed by atoms with Crippen LogP contribution in [0.15, 0.2) is 24.3 Å². The molecule has 0 saturated heterocycles. The summed E-state index contributed by atoms with van der Waals surface area (Å²) < 4.78 is 0. The monoisotopic (exact) mass is 313 g/mol. The number of hydrogen-bond donors (Lipinski definition) is 2. The fourth-order valence-electron chi connectivity index (χ4n) is 2.19. The highest BCUT2D eigenvalue weighted by molar-refractivity contribution is 7.99. The van der Waals surface area contributed by atoms with Gasteiger partial charge in [-0.1, -0.05) is 23.7 Å². The van der Waals surface area contributed by atoms with Crippen molar-refractivity contribution in [1.29, 1.82) is 0 Å². The van der Waals surface area contributed by atoms with Crippen molar-refractivity contribution >= 4 is 29.3 Å². The number of aliphatic hydroxyl groups excluding tert-OH is 1. The molecule has 1 atom stereocenters. The molecule has 3 nitrogen and oxygen atoms in total. The van der Waals surface area contributed by atoms with Crippen LogP contribution in [-0.2, 0) is 10.5 Å². The lowest BCUT2D eigenvalue weighted by molar-refractivity contribution is -0.121. The third-order valence-corrected chi connectivity index (χ3v) is 4.90. The van der Waals surface area contributed by atoms with Gasteiger partial charge < -0.3 is 10.4 Å². The van der Waals surface area contributed by atoms with Crippen molar-refractivity contribution in [3.05, 3.63) is 34.9 Å². The first-order valence-corrected chi connectivity index (χ1v) is 8.31. The molecule has 1 aromatic rings. The second kappa shape index (κ2) is 6.83. The van der Waals surface area contributed by atoms with E-state index in [1.54, 1.807) is 11.8 Å². The minimum Gasteiger partial charge on any atom is -0.394 e. The molecule has 1 fully saturated rings. The summed E-state index contributed by atoms with van der Waals surface area (Å²) in [6.45, 7) is 1.93. The van der Waals surface area contributed by atoms with Crippen molar-refractivity contribution in [1.82, 2.24) is 5.32 Å². The van der Waals surface area contributed by atoms with Crippen LogP contribution in [0.25, 0.3) is 0 Å². The number of aliphatic hydroxyl groups is 1. The highest BCUT2D eigenvalue weighted by Gasteiger charge is 2.41. The zero-order valence-corrected chi connectivity index (χ0v) is 13.1. The fraction of sp³-hybridized carbons (Fsp3) is 0.533. The number of nitrogens with one attached hydrogen (secondary N) is 1. The van der Waals surface area contributed by atoms with E-state index in [1.165, 1.54) is 0 Å². The summed E-state index contributed by atoms with van der Waals surface area (Å²) >= 11 is 7.39. The fourth-order valence-corrected chi connectivity index (χ4v) is 3.10. The van der Waals surface area contributed by atoms with Crippen LogP contribution in [0, 0.1) is 5.92 Å². The Bertz CT molecular complexity index is 461. The Hall–Kier alpha value is -0.710. The van der Waals surface area contributed by atoms with E-state index in [9.17, 15) is 9.90 Å². The smallest absolute Gasteiger partial charge is 0.230 e. The lowest BCUT2D eigenvalue weighted by Crippen LogP contribution is -2.51. The molecule has 1 aliphatic carbocycles. The largest absolute Gasteiger partial charge is 0.394 e. The first kappa shape index (κ1) is 15.7. The maximum Gasteiger partial charge on any atom is 0.230 e. The number of amides is 1. The molecule has 110 valence electrons. The van der Waals surface area contributed by atoms with Gasteiger partial charge in [-0.05, 0) is 43.4 Å². The second-order valence-corrected chi connectivity index (χ2v) is 6.94. The Morgan fingerprint density at radius 2 is 2.10 bits per heavy atom. The number of thioether (sulfide) groups is 1. The molecule has 0 aliphatic heterocycles. The number of carbonyl (C=O) groups is 1. The topological polar surface area (TPSA) is 49.3 Å². The summed E-state index contributed by atoms with van der Waals surface area (Å²) in [6, 6.07) is 7.64. The van der Waals surface area contributed by atoms with Gasteiger partial charge in [-0.25, -0.2) is 0 Å². The van der Waals surface area contributed by atoms with Crippen LogP contribution in [0.1, 0.15) is 25.3 Å². The second-order valence-electron chi connectivity index (χ2n) is 5.52. The van der Waals surface area contributed by atoms with E-state index in [-0.39, 0.29) is 12.5 Å². The number of benzene rings is 1. The number of halogens is 1. The molecule has 0 bridgehead atoms. The zero-order valence-electron chi connectivity index (χ0n) is 11.6. The average Bonchev–Trinajstić information content (AvgIpc) is 3.25. The van der Waals surface area contributed by atoms with E-state index in [2.05, 4.69) is 5.32 Å². The predicted molar refractivity (Wildman–Crippen MR) is 84.0 cm³/mol. The minimum absolute atomic E-state index is 0.00522. The van der Waals surface area contributed by atoms with Gasteiger partial charge in [0.2, 0.25) is 5.91 Å². The molecule has 2 N–H and O–H groups in total. The maximum absolute atomic E-state index is 11.9. The Morgan fingerprint density at radius 3 is 2.65 bits per heavy atom. The third kappa shape index (κ3) is 4.40. The standard InChI is InChI=1S/C15H20ClNO2S/c1-15(10-18,12-4-5-12)17-14(19)9-20-8-11-2-6-13(16)7-3-11/h2-3,6-7,12,18H,4-5,8-10H2,1H3,(H,17,19).